The number of hydrogen-bond acceptors (Lipinski definition) is 2. The largest absolute Gasteiger partial charge is 0.267 e. The van der Waals surface area contributed by atoms with Gasteiger partial charge < -0.3 is 0 Å². The molecule has 0 radical (unpaired) electrons. The second kappa shape index (κ2) is 7.44. The summed E-state index contributed by atoms with van der Waals surface area (Å²) in [4.78, 5) is -0.544. The van der Waals surface area contributed by atoms with Crippen LogP contribution in [0.25, 0.3) is 0 Å². The van der Waals surface area contributed by atoms with E-state index in [0.29, 0.717) is 0 Å². The molecule has 27 heavy (non-hydrogen) atoms. The van der Waals surface area contributed by atoms with Crippen LogP contribution in [-0.4, -0.2) is 8.42 Å². The third-order valence-electron chi connectivity index (χ3n) is 4.16. The Balaban J connectivity index is 2.21. The van der Waals surface area contributed by atoms with Crippen LogP contribution >= 0.6 is 0 Å². The van der Waals surface area contributed by atoms with Crippen molar-refractivity contribution in [3.05, 3.63) is 95.8 Å². The van der Waals surface area contributed by atoms with E-state index in [-0.39, 0.29) is 11.3 Å². The molecule has 140 valence electrons. The van der Waals surface area contributed by atoms with Crippen molar-refractivity contribution in [2.75, 3.05) is 4.31 Å². The molecule has 0 spiro atoms. The first-order valence-electron chi connectivity index (χ1n) is 8.11. The average molecular weight is 391 g/mol. The summed E-state index contributed by atoms with van der Waals surface area (Å²) in [5.41, 5.74) is 0.206. The summed E-state index contributed by atoms with van der Waals surface area (Å²) < 4.78 is 69.2. The van der Waals surface area contributed by atoms with Gasteiger partial charge in [0.15, 0.2) is 0 Å². The smallest absolute Gasteiger partial charge is 0.259 e. The lowest BCUT2D eigenvalue weighted by molar-refractivity contribution is 0.552. The first kappa shape index (κ1) is 19.0. The Morgan fingerprint density at radius 3 is 1.93 bits per heavy atom. The van der Waals surface area contributed by atoms with Crippen molar-refractivity contribution in [3.63, 3.8) is 0 Å². The summed E-state index contributed by atoms with van der Waals surface area (Å²) in [6.07, 6.45) is 0. The Morgan fingerprint density at radius 2 is 1.33 bits per heavy atom. The number of anilines is 1. The summed E-state index contributed by atoms with van der Waals surface area (Å²) >= 11 is 0. The van der Waals surface area contributed by atoms with Crippen LogP contribution in [0.15, 0.2) is 77.7 Å². The second-order valence-corrected chi connectivity index (χ2v) is 7.69. The molecule has 0 N–H and O–H groups in total. The number of nitrogens with zero attached hydrogens (tertiary/aromatic N) is 1. The molecule has 1 atom stereocenters. The molecule has 7 heteroatoms. The number of rotatable bonds is 5. The minimum Gasteiger partial charge on any atom is -0.259 e. The van der Waals surface area contributed by atoms with Crippen molar-refractivity contribution in [1.29, 1.82) is 0 Å². The highest BCUT2D eigenvalue weighted by atomic mass is 32.2. The predicted molar refractivity (Wildman–Crippen MR) is 97.3 cm³/mol. The van der Waals surface area contributed by atoms with E-state index in [1.54, 1.807) is 6.07 Å². The first-order valence-corrected chi connectivity index (χ1v) is 9.55. The first-order chi connectivity index (χ1) is 12.8. The van der Waals surface area contributed by atoms with Crippen molar-refractivity contribution < 1.29 is 21.6 Å². The molecule has 0 fully saturated rings. The maximum Gasteiger partial charge on any atom is 0.267 e. The SMILES string of the molecule is CC(c1ccccc1F)N(c1ccc(F)cc1)S(=O)(=O)c1ccccc1F. The monoisotopic (exact) mass is 391 g/mol. The lowest BCUT2D eigenvalue weighted by Crippen LogP contribution is -2.34. The number of benzene rings is 3. The normalized spacial score (nSPS) is 12.6. The van der Waals surface area contributed by atoms with E-state index in [1.807, 2.05) is 0 Å². The lowest BCUT2D eigenvalue weighted by atomic mass is 10.1. The van der Waals surface area contributed by atoms with Gasteiger partial charge in [-0.2, -0.15) is 0 Å². The molecule has 3 aromatic rings. The zero-order chi connectivity index (χ0) is 19.6. The van der Waals surface area contributed by atoms with Crippen LogP contribution in [0.3, 0.4) is 0 Å². The van der Waals surface area contributed by atoms with Gasteiger partial charge in [-0.25, -0.2) is 21.6 Å². The summed E-state index contributed by atoms with van der Waals surface area (Å²) in [7, 11) is -4.39. The zero-order valence-corrected chi connectivity index (χ0v) is 15.1. The van der Waals surface area contributed by atoms with Gasteiger partial charge in [0.25, 0.3) is 10.0 Å². The number of halogens is 3. The summed E-state index contributed by atoms with van der Waals surface area (Å²) in [6.45, 7) is 1.49. The van der Waals surface area contributed by atoms with Crippen molar-refractivity contribution in [2.24, 2.45) is 0 Å². The summed E-state index contributed by atoms with van der Waals surface area (Å²) in [5, 5.41) is 0. The fraction of sp³-hybridized carbons (Fsp3) is 0.100. The van der Waals surface area contributed by atoms with Crippen LogP contribution in [0, 0.1) is 17.5 Å². The molecular weight excluding hydrogens is 375 g/mol. The van der Waals surface area contributed by atoms with Crippen molar-refractivity contribution in [1.82, 2.24) is 0 Å². The molecular formula is C20H16F3NO2S. The Morgan fingerprint density at radius 1 is 0.778 bits per heavy atom. The molecule has 3 rings (SSSR count). The minimum absolute atomic E-state index is 0.0930. The topological polar surface area (TPSA) is 37.4 Å². The van der Waals surface area contributed by atoms with Crippen molar-refractivity contribution in [2.45, 2.75) is 17.9 Å². The van der Waals surface area contributed by atoms with Gasteiger partial charge in [-0.1, -0.05) is 30.3 Å². The molecule has 0 bridgehead atoms. The Bertz CT molecular complexity index is 1050. The van der Waals surface area contributed by atoms with E-state index < -0.39 is 38.4 Å². The lowest BCUT2D eigenvalue weighted by Gasteiger charge is -2.31. The van der Waals surface area contributed by atoms with Gasteiger partial charge in [-0.05, 0) is 49.4 Å². The van der Waals surface area contributed by atoms with Gasteiger partial charge in [0.05, 0.1) is 11.7 Å². The third-order valence-corrected chi connectivity index (χ3v) is 6.09. The predicted octanol–water partition coefficient (Wildman–Crippen LogP) is 5.06. The third kappa shape index (κ3) is 3.68. The van der Waals surface area contributed by atoms with Crippen molar-refractivity contribution >= 4 is 15.7 Å². The molecule has 0 heterocycles. The van der Waals surface area contributed by atoms with Crippen molar-refractivity contribution in [3.8, 4) is 0 Å². The van der Waals surface area contributed by atoms with Crippen LogP contribution in [0.1, 0.15) is 18.5 Å². The van der Waals surface area contributed by atoms with E-state index in [9.17, 15) is 21.6 Å². The fourth-order valence-corrected chi connectivity index (χ4v) is 4.56. The Hall–Kier alpha value is -2.80. The highest BCUT2D eigenvalue weighted by Crippen LogP contribution is 2.34. The Kier molecular flexibility index (Phi) is 5.23. The van der Waals surface area contributed by atoms with Crippen LogP contribution in [-0.2, 0) is 10.0 Å². The molecule has 0 saturated heterocycles. The van der Waals surface area contributed by atoms with Crippen LogP contribution < -0.4 is 4.31 Å². The number of hydrogen-bond donors (Lipinski definition) is 0. The average Bonchev–Trinajstić information content (AvgIpc) is 2.64. The molecule has 1 unspecified atom stereocenters. The van der Waals surface area contributed by atoms with Crippen LogP contribution in [0.2, 0.25) is 0 Å². The molecule has 0 aromatic heterocycles. The van der Waals surface area contributed by atoms with Crippen LogP contribution in [0.4, 0.5) is 18.9 Å². The molecule has 0 aliphatic carbocycles. The molecule has 3 nitrogen and oxygen atoms in total. The second-order valence-electron chi connectivity index (χ2n) is 5.91. The maximum absolute atomic E-state index is 14.3. The molecule has 0 amide bonds. The van der Waals surface area contributed by atoms with Gasteiger partial charge in [0.1, 0.15) is 22.3 Å². The molecule has 0 aliphatic heterocycles. The van der Waals surface area contributed by atoms with Crippen LogP contribution in [0.5, 0.6) is 0 Å². The fourth-order valence-electron chi connectivity index (χ4n) is 2.86. The number of sulfonamides is 1. The van der Waals surface area contributed by atoms with Gasteiger partial charge in [0.2, 0.25) is 0 Å². The Labute approximate surface area is 155 Å². The van der Waals surface area contributed by atoms with Gasteiger partial charge in [-0.3, -0.25) is 4.31 Å². The highest BCUT2D eigenvalue weighted by Gasteiger charge is 2.33. The zero-order valence-electron chi connectivity index (χ0n) is 14.3. The molecule has 3 aromatic carbocycles. The van der Waals surface area contributed by atoms with Gasteiger partial charge in [-0.15, -0.1) is 0 Å². The quantitative estimate of drug-likeness (QED) is 0.610. The molecule has 0 aliphatic rings. The highest BCUT2D eigenvalue weighted by molar-refractivity contribution is 7.92. The van der Waals surface area contributed by atoms with Gasteiger partial charge >= 0.3 is 0 Å². The van der Waals surface area contributed by atoms with E-state index >= 15 is 0 Å². The van der Waals surface area contributed by atoms with Gasteiger partial charge in [0, 0.05) is 5.56 Å². The van der Waals surface area contributed by atoms with E-state index in [0.717, 1.165) is 28.6 Å². The van der Waals surface area contributed by atoms with E-state index in [1.165, 1.54) is 49.4 Å². The standard InChI is InChI=1S/C20H16F3NO2S/c1-14(17-6-2-3-7-18(17)22)24(16-12-10-15(21)11-13-16)27(25,26)20-9-5-4-8-19(20)23/h2-14H,1H3. The molecule has 0 saturated carbocycles. The minimum atomic E-state index is -4.39. The maximum atomic E-state index is 14.3. The van der Waals surface area contributed by atoms with E-state index in [2.05, 4.69) is 0 Å². The summed E-state index contributed by atoms with van der Waals surface area (Å²) in [5.74, 6) is -2.08. The van der Waals surface area contributed by atoms with E-state index in [4.69, 9.17) is 0 Å². The summed E-state index contributed by atoms with van der Waals surface area (Å²) in [6, 6.07) is 14.4.